The van der Waals surface area contributed by atoms with E-state index < -0.39 is 10.0 Å². The summed E-state index contributed by atoms with van der Waals surface area (Å²) in [5, 5.41) is 8.96. The van der Waals surface area contributed by atoms with Crippen LogP contribution in [0.3, 0.4) is 0 Å². The van der Waals surface area contributed by atoms with Gasteiger partial charge < -0.3 is 9.52 Å². The Bertz CT molecular complexity index is 517. The maximum absolute atomic E-state index is 12.4. The van der Waals surface area contributed by atoms with E-state index in [2.05, 4.69) is 22.9 Å². The summed E-state index contributed by atoms with van der Waals surface area (Å²) in [6, 6.07) is 1.37. The van der Waals surface area contributed by atoms with Crippen LogP contribution < -0.4 is 0 Å². The summed E-state index contributed by atoms with van der Waals surface area (Å²) in [5.41, 5.74) is 0. The minimum Gasteiger partial charge on any atom is -0.450 e. The van der Waals surface area contributed by atoms with Crippen molar-refractivity contribution in [2.75, 3.05) is 13.1 Å². The van der Waals surface area contributed by atoms with Crippen LogP contribution in [0.25, 0.3) is 0 Å². The van der Waals surface area contributed by atoms with E-state index in [-0.39, 0.29) is 21.9 Å². The van der Waals surface area contributed by atoms with Crippen LogP contribution in [0.5, 0.6) is 0 Å². The highest BCUT2D eigenvalue weighted by Crippen LogP contribution is 2.30. The molecule has 1 N–H and O–H groups in total. The molecule has 1 aliphatic heterocycles. The van der Waals surface area contributed by atoms with Crippen molar-refractivity contribution in [3.05, 3.63) is 16.5 Å². The molecule has 0 amide bonds. The van der Waals surface area contributed by atoms with Crippen molar-refractivity contribution in [1.29, 1.82) is 0 Å². The Morgan fingerprint density at radius 2 is 2.11 bits per heavy atom. The fourth-order valence-electron chi connectivity index (χ4n) is 2.02. The number of aliphatic hydroxyl groups is 1. The number of sulfonamides is 1. The third-order valence-corrected chi connectivity index (χ3v) is 5.98. The van der Waals surface area contributed by atoms with E-state index >= 15 is 0 Å². The fourth-order valence-corrected chi connectivity index (χ4v) is 4.45. The molecule has 1 aromatic heterocycles. The number of rotatable bonds is 3. The molecule has 102 valence electrons. The van der Waals surface area contributed by atoms with Gasteiger partial charge in [-0.3, -0.25) is 0 Å². The van der Waals surface area contributed by atoms with Crippen molar-refractivity contribution >= 4 is 26.0 Å². The van der Waals surface area contributed by atoms with Gasteiger partial charge in [0.1, 0.15) is 17.3 Å². The molecule has 7 heteroatoms. The third kappa shape index (κ3) is 2.64. The Morgan fingerprint density at radius 3 is 2.61 bits per heavy atom. The van der Waals surface area contributed by atoms with E-state index in [0.29, 0.717) is 19.0 Å². The monoisotopic (exact) mass is 337 g/mol. The summed E-state index contributed by atoms with van der Waals surface area (Å²) >= 11 is 3.09. The summed E-state index contributed by atoms with van der Waals surface area (Å²) in [4.78, 5) is 0.0982. The first-order valence-corrected chi connectivity index (χ1v) is 8.07. The van der Waals surface area contributed by atoms with Crippen molar-refractivity contribution in [3.8, 4) is 0 Å². The summed E-state index contributed by atoms with van der Waals surface area (Å²) in [6.07, 6.45) is 1.75. The molecule has 2 rings (SSSR count). The highest BCUT2D eigenvalue weighted by molar-refractivity contribution is 9.10. The first kappa shape index (κ1) is 14.0. The minimum absolute atomic E-state index is 0.0982. The highest BCUT2D eigenvalue weighted by atomic mass is 79.9. The van der Waals surface area contributed by atoms with Gasteiger partial charge in [0, 0.05) is 19.2 Å². The number of hydrogen-bond acceptors (Lipinski definition) is 4. The molecule has 5 nitrogen and oxygen atoms in total. The lowest BCUT2D eigenvalue weighted by molar-refractivity contribution is 0.245. The second-order valence-corrected chi connectivity index (χ2v) is 7.22. The fraction of sp³-hybridized carbons (Fsp3) is 0.636. The number of halogens is 1. The van der Waals surface area contributed by atoms with E-state index in [1.54, 1.807) is 0 Å². The van der Waals surface area contributed by atoms with E-state index in [1.807, 2.05) is 0 Å². The molecule has 0 spiro atoms. The molecule has 0 bridgehead atoms. The van der Waals surface area contributed by atoms with E-state index in [0.717, 1.165) is 12.8 Å². The van der Waals surface area contributed by atoms with Crippen LogP contribution in [0.2, 0.25) is 0 Å². The van der Waals surface area contributed by atoms with Crippen molar-refractivity contribution in [2.24, 2.45) is 5.92 Å². The lowest BCUT2D eigenvalue weighted by Gasteiger charge is -2.28. The molecule has 18 heavy (non-hydrogen) atoms. The topological polar surface area (TPSA) is 70.8 Å². The quantitative estimate of drug-likeness (QED) is 0.915. The number of piperidine rings is 1. The van der Waals surface area contributed by atoms with Gasteiger partial charge in [-0.2, -0.15) is 4.31 Å². The Kier molecular flexibility index (Phi) is 4.15. The first-order valence-electron chi connectivity index (χ1n) is 5.84. The first-order chi connectivity index (χ1) is 8.45. The highest BCUT2D eigenvalue weighted by Gasteiger charge is 2.31. The maximum Gasteiger partial charge on any atom is 0.247 e. The number of aliphatic hydroxyl groups excluding tert-OH is 1. The van der Waals surface area contributed by atoms with Crippen molar-refractivity contribution in [1.82, 2.24) is 4.31 Å². The Balaban J connectivity index is 2.27. The molecular weight excluding hydrogens is 322 g/mol. The second kappa shape index (κ2) is 5.32. The van der Waals surface area contributed by atoms with Crippen LogP contribution >= 0.6 is 15.9 Å². The van der Waals surface area contributed by atoms with Gasteiger partial charge in [-0.15, -0.1) is 0 Å². The van der Waals surface area contributed by atoms with Crippen LogP contribution in [-0.2, 0) is 16.6 Å². The van der Waals surface area contributed by atoms with Gasteiger partial charge in [-0.1, -0.05) is 6.92 Å². The van der Waals surface area contributed by atoms with Crippen molar-refractivity contribution in [2.45, 2.75) is 31.3 Å². The molecular formula is C11H16BrNO4S. The van der Waals surface area contributed by atoms with Gasteiger partial charge in [0.2, 0.25) is 10.0 Å². The lowest BCUT2D eigenvalue weighted by Crippen LogP contribution is -2.37. The van der Waals surface area contributed by atoms with E-state index in [1.165, 1.54) is 10.4 Å². The van der Waals surface area contributed by atoms with Gasteiger partial charge in [-0.25, -0.2) is 8.42 Å². The average molecular weight is 338 g/mol. The van der Waals surface area contributed by atoms with Crippen LogP contribution in [-0.4, -0.2) is 30.9 Å². The largest absolute Gasteiger partial charge is 0.450 e. The predicted molar refractivity (Wildman–Crippen MR) is 69.5 cm³/mol. The van der Waals surface area contributed by atoms with E-state index in [9.17, 15) is 8.42 Å². The van der Waals surface area contributed by atoms with Gasteiger partial charge in [0.25, 0.3) is 0 Å². The Labute approximate surface area is 115 Å². The molecule has 0 unspecified atom stereocenters. The SMILES string of the molecule is CC1CCN(S(=O)(=O)c2cc(CO)oc2Br)CC1. The zero-order valence-electron chi connectivity index (χ0n) is 10.1. The van der Waals surface area contributed by atoms with Gasteiger partial charge >= 0.3 is 0 Å². The van der Waals surface area contributed by atoms with Gasteiger partial charge in [0.15, 0.2) is 4.67 Å². The molecule has 1 aliphatic rings. The Hall–Kier alpha value is -0.370. The van der Waals surface area contributed by atoms with Crippen molar-refractivity contribution in [3.63, 3.8) is 0 Å². The molecule has 0 atom stereocenters. The van der Waals surface area contributed by atoms with Crippen LogP contribution in [0.1, 0.15) is 25.5 Å². The predicted octanol–water partition coefficient (Wildman–Crippen LogP) is 1.96. The molecule has 1 fully saturated rings. The smallest absolute Gasteiger partial charge is 0.247 e. The molecule has 0 radical (unpaired) electrons. The summed E-state index contributed by atoms with van der Waals surface area (Å²) < 4.78 is 31.6. The van der Waals surface area contributed by atoms with Crippen molar-refractivity contribution < 1.29 is 17.9 Å². The van der Waals surface area contributed by atoms with Crippen LogP contribution in [0, 0.1) is 5.92 Å². The van der Waals surface area contributed by atoms with Crippen LogP contribution in [0.15, 0.2) is 20.0 Å². The molecule has 0 aliphatic carbocycles. The lowest BCUT2D eigenvalue weighted by atomic mass is 10.0. The average Bonchev–Trinajstić information content (AvgIpc) is 2.72. The van der Waals surface area contributed by atoms with Crippen LogP contribution in [0.4, 0.5) is 0 Å². The second-order valence-electron chi connectivity index (χ2n) is 4.60. The summed E-state index contributed by atoms with van der Waals surface area (Å²) in [7, 11) is -3.52. The third-order valence-electron chi connectivity index (χ3n) is 3.22. The zero-order chi connectivity index (χ0) is 13.3. The van der Waals surface area contributed by atoms with Gasteiger partial charge in [-0.05, 0) is 34.7 Å². The molecule has 0 aromatic carbocycles. The number of nitrogens with zero attached hydrogens (tertiary/aromatic N) is 1. The molecule has 1 saturated heterocycles. The number of furan rings is 1. The standard InChI is InChI=1S/C11H16BrNO4S/c1-8-2-4-13(5-3-8)18(15,16)10-6-9(7-14)17-11(10)12/h6,8,14H,2-5,7H2,1H3. The molecule has 1 aromatic rings. The Morgan fingerprint density at radius 1 is 1.50 bits per heavy atom. The summed E-state index contributed by atoms with van der Waals surface area (Å²) in [6.45, 7) is 2.89. The molecule has 2 heterocycles. The molecule has 0 saturated carbocycles. The maximum atomic E-state index is 12.4. The zero-order valence-corrected chi connectivity index (χ0v) is 12.5. The van der Waals surface area contributed by atoms with E-state index in [4.69, 9.17) is 9.52 Å². The number of hydrogen-bond donors (Lipinski definition) is 1. The van der Waals surface area contributed by atoms with Gasteiger partial charge in [0.05, 0.1) is 0 Å². The minimum atomic E-state index is -3.52. The normalized spacial score (nSPS) is 19.3. The summed E-state index contributed by atoms with van der Waals surface area (Å²) in [5.74, 6) is 0.808.